The van der Waals surface area contributed by atoms with Crippen LogP contribution in [0.15, 0.2) is 0 Å². The van der Waals surface area contributed by atoms with Crippen molar-refractivity contribution in [2.45, 2.75) is 38.1 Å². The van der Waals surface area contributed by atoms with E-state index in [0.29, 0.717) is 26.4 Å². The molecule has 1 N–H and O–H groups in total. The molecule has 6 heteroatoms. The molecule has 0 saturated carbocycles. The van der Waals surface area contributed by atoms with Gasteiger partial charge in [-0.3, -0.25) is 0 Å². The standard InChI is InChI=1S/C10H18F3NO2/c1-2-14-8(3-4-10(11,12)13)9-7-15-5-6-16-9/h8-9,14H,2-7H2,1H3. The van der Waals surface area contributed by atoms with Crippen molar-refractivity contribution < 1.29 is 22.6 Å². The van der Waals surface area contributed by atoms with E-state index < -0.39 is 12.6 Å². The van der Waals surface area contributed by atoms with Gasteiger partial charge in [-0.1, -0.05) is 6.92 Å². The van der Waals surface area contributed by atoms with Crippen molar-refractivity contribution >= 4 is 0 Å². The van der Waals surface area contributed by atoms with Gasteiger partial charge in [0.25, 0.3) is 0 Å². The summed E-state index contributed by atoms with van der Waals surface area (Å²) in [5.74, 6) is 0. The first kappa shape index (κ1) is 13.7. The van der Waals surface area contributed by atoms with Gasteiger partial charge in [0.15, 0.2) is 0 Å². The number of ether oxygens (including phenoxy) is 2. The molecule has 1 aliphatic heterocycles. The highest BCUT2D eigenvalue weighted by Crippen LogP contribution is 2.24. The molecule has 0 aromatic heterocycles. The predicted molar refractivity (Wildman–Crippen MR) is 53.3 cm³/mol. The molecule has 1 fully saturated rings. The van der Waals surface area contributed by atoms with Gasteiger partial charge in [0, 0.05) is 12.5 Å². The molecule has 0 aromatic carbocycles. The highest BCUT2D eigenvalue weighted by atomic mass is 19.4. The Labute approximate surface area is 93.3 Å². The van der Waals surface area contributed by atoms with Crippen molar-refractivity contribution in [3.05, 3.63) is 0 Å². The molecular formula is C10H18F3NO2. The molecule has 2 atom stereocenters. The summed E-state index contributed by atoms with van der Waals surface area (Å²) in [4.78, 5) is 0. The van der Waals surface area contributed by atoms with Gasteiger partial charge >= 0.3 is 6.18 Å². The minimum absolute atomic E-state index is 0.0331. The number of hydrogen-bond donors (Lipinski definition) is 1. The second-order valence-electron chi connectivity index (χ2n) is 3.80. The van der Waals surface area contributed by atoms with Crippen molar-refractivity contribution in [3.8, 4) is 0 Å². The molecule has 0 spiro atoms. The number of nitrogens with one attached hydrogen (secondary N) is 1. The van der Waals surface area contributed by atoms with E-state index in [-0.39, 0.29) is 18.6 Å². The second-order valence-corrected chi connectivity index (χ2v) is 3.80. The third kappa shape index (κ3) is 5.14. The summed E-state index contributed by atoms with van der Waals surface area (Å²) in [6.45, 7) is 3.84. The number of hydrogen-bond acceptors (Lipinski definition) is 3. The second kappa shape index (κ2) is 6.42. The molecule has 1 aliphatic rings. The largest absolute Gasteiger partial charge is 0.389 e. The lowest BCUT2D eigenvalue weighted by Crippen LogP contribution is -2.47. The first-order valence-corrected chi connectivity index (χ1v) is 5.52. The lowest BCUT2D eigenvalue weighted by molar-refractivity contribution is -0.144. The normalized spacial score (nSPS) is 24.4. The van der Waals surface area contributed by atoms with Gasteiger partial charge < -0.3 is 14.8 Å². The molecule has 2 unspecified atom stereocenters. The molecule has 0 aromatic rings. The fraction of sp³-hybridized carbons (Fsp3) is 1.00. The maximum atomic E-state index is 12.1. The summed E-state index contributed by atoms with van der Waals surface area (Å²) < 4.78 is 47.0. The summed E-state index contributed by atoms with van der Waals surface area (Å²) in [6.07, 6.45) is -5.13. The van der Waals surface area contributed by atoms with E-state index in [1.54, 1.807) is 0 Å². The van der Waals surface area contributed by atoms with Crippen molar-refractivity contribution in [1.29, 1.82) is 0 Å². The van der Waals surface area contributed by atoms with Crippen LogP contribution in [0.3, 0.4) is 0 Å². The molecular weight excluding hydrogens is 223 g/mol. The summed E-state index contributed by atoms with van der Waals surface area (Å²) in [7, 11) is 0. The number of likely N-dealkylation sites (N-methyl/N-ethyl adjacent to an activating group) is 1. The van der Waals surface area contributed by atoms with Crippen LogP contribution in [0.2, 0.25) is 0 Å². The van der Waals surface area contributed by atoms with Crippen molar-refractivity contribution in [3.63, 3.8) is 0 Å². The van der Waals surface area contributed by atoms with Gasteiger partial charge in [-0.15, -0.1) is 0 Å². The molecule has 0 aliphatic carbocycles. The van der Waals surface area contributed by atoms with E-state index in [9.17, 15) is 13.2 Å². The maximum absolute atomic E-state index is 12.1. The van der Waals surface area contributed by atoms with E-state index >= 15 is 0 Å². The van der Waals surface area contributed by atoms with Gasteiger partial charge in [-0.25, -0.2) is 0 Å². The summed E-state index contributed by atoms with van der Waals surface area (Å²) in [5, 5.41) is 3.02. The fourth-order valence-corrected chi connectivity index (χ4v) is 1.74. The van der Waals surface area contributed by atoms with Crippen LogP contribution in [0.4, 0.5) is 13.2 Å². The minimum Gasteiger partial charge on any atom is -0.376 e. The Morgan fingerprint density at radius 2 is 2.12 bits per heavy atom. The lowest BCUT2D eigenvalue weighted by Gasteiger charge is -2.31. The molecule has 1 rings (SSSR count). The average molecular weight is 241 g/mol. The summed E-state index contributed by atoms with van der Waals surface area (Å²) in [5.41, 5.74) is 0. The van der Waals surface area contributed by atoms with Crippen LogP contribution in [0.5, 0.6) is 0 Å². The van der Waals surface area contributed by atoms with E-state index in [1.807, 2.05) is 6.92 Å². The van der Waals surface area contributed by atoms with Gasteiger partial charge in [-0.2, -0.15) is 13.2 Å². The Kier molecular flexibility index (Phi) is 5.51. The maximum Gasteiger partial charge on any atom is 0.389 e. The van der Waals surface area contributed by atoms with E-state index in [4.69, 9.17) is 9.47 Å². The molecule has 0 bridgehead atoms. The zero-order valence-electron chi connectivity index (χ0n) is 9.35. The van der Waals surface area contributed by atoms with Crippen LogP contribution in [0.1, 0.15) is 19.8 Å². The lowest BCUT2D eigenvalue weighted by atomic mass is 10.0. The van der Waals surface area contributed by atoms with Crippen LogP contribution in [-0.4, -0.2) is 44.7 Å². The third-order valence-corrected chi connectivity index (χ3v) is 2.50. The van der Waals surface area contributed by atoms with Crippen LogP contribution >= 0.6 is 0 Å². The van der Waals surface area contributed by atoms with Gasteiger partial charge in [-0.05, 0) is 13.0 Å². The van der Waals surface area contributed by atoms with Gasteiger partial charge in [0.1, 0.15) is 0 Å². The van der Waals surface area contributed by atoms with E-state index in [1.165, 1.54) is 0 Å². The third-order valence-electron chi connectivity index (χ3n) is 2.50. The average Bonchev–Trinajstić information content (AvgIpc) is 2.24. The molecule has 0 radical (unpaired) electrons. The molecule has 1 saturated heterocycles. The highest BCUT2D eigenvalue weighted by Gasteiger charge is 2.31. The Bertz CT molecular complexity index is 193. The van der Waals surface area contributed by atoms with Crippen molar-refractivity contribution in [1.82, 2.24) is 5.32 Å². The zero-order chi connectivity index (χ0) is 12.0. The SMILES string of the molecule is CCNC(CCC(F)(F)F)C1COCCO1. The Morgan fingerprint density at radius 3 is 2.62 bits per heavy atom. The molecule has 0 amide bonds. The predicted octanol–water partition coefficient (Wildman–Crippen LogP) is 1.72. The van der Waals surface area contributed by atoms with E-state index in [2.05, 4.69) is 5.32 Å². The van der Waals surface area contributed by atoms with Crippen LogP contribution in [0, 0.1) is 0 Å². The van der Waals surface area contributed by atoms with E-state index in [0.717, 1.165) is 0 Å². The number of rotatable bonds is 5. The fourth-order valence-electron chi connectivity index (χ4n) is 1.74. The first-order chi connectivity index (χ1) is 7.53. The molecule has 96 valence electrons. The van der Waals surface area contributed by atoms with Crippen LogP contribution < -0.4 is 5.32 Å². The number of alkyl halides is 3. The summed E-state index contributed by atoms with van der Waals surface area (Å²) in [6, 6.07) is -0.285. The molecule has 3 nitrogen and oxygen atoms in total. The summed E-state index contributed by atoms with van der Waals surface area (Å²) >= 11 is 0. The van der Waals surface area contributed by atoms with Crippen molar-refractivity contribution in [2.75, 3.05) is 26.4 Å². The first-order valence-electron chi connectivity index (χ1n) is 5.52. The Balaban J connectivity index is 2.39. The topological polar surface area (TPSA) is 30.5 Å². The quantitative estimate of drug-likeness (QED) is 0.795. The molecule has 1 heterocycles. The Hall–Kier alpha value is -0.330. The van der Waals surface area contributed by atoms with Gasteiger partial charge in [0.2, 0.25) is 0 Å². The smallest absolute Gasteiger partial charge is 0.376 e. The van der Waals surface area contributed by atoms with Crippen LogP contribution in [-0.2, 0) is 9.47 Å². The van der Waals surface area contributed by atoms with Crippen molar-refractivity contribution in [2.24, 2.45) is 0 Å². The van der Waals surface area contributed by atoms with Crippen LogP contribution in [0.25, 0.3) is 0 Å². The number of halogens is 3. The zero-order valence-corrected chi connectivity index (χ0v) is 9.35. The molecule has 16 heavy (non-hydrogen) atoms. The van der Waals surface area contributed by atoms with Gasteiger partial charge in [0.05, 0.1) is 25.9 Å². The Morgan fingerprint density at radius 1 is 1.38 bits per heavy atom. The minimum atomic E-state index is -4.11. The highest BCUT2D eigenvalue weighted by molar-refractivity contribution is 4.79. The monoisotopic (exact) mass is 241 g/mol.